The number of imidazole rings is 2. The number of hydrogen-bond acceptors (Lipinski definition) is 3. The van der Waals surface area contributed by atoms with Crippen molar-refractivity contribution in [2.24, 2.45) is 7.05 Å². The molecule has 0 bridgehead atoms. The maximum absolute atomic E-state index is 4.31. The average Bonchev–Trinajstić information content (AvgIpc) is 2.84. The standard InChI is InChI=1S/C12H19N5/c1-10(2)15-12-14-6-9-17(12)7-4-11-13-5-8-16(11)3/h5-6,8-10H,4,7H2,1-3H3,(H,14,15). The highest BCUT2D eigenvalue weighted by Crippen LogP contribution is 2.07. The van der Waals surface area contributed by atoms with Crippen molar-refractivity contribution in [1.29, 1.82) is 0 Å². The summed E-state index contributed by atoms with van der Waals surface area (Å²) in [6.07, 6.45) is 8.52. The minimum absolute atomic E-state index is 0.393. The molecule has 0 radical (unpaired) electrons. The van der Waals surface area contributed by atoms with E-state index in [0.29, 0.717) is 6.04 Å². The van der Waals surface area contributed by atoms with Crippen LogP contribution in [0.1, 0.15) is 19.7 Å². The number of aromatic nitrogens is 4. The Morgan fingerprint density at radius 1 is 1.24 bits per heavy atom. The number of aryl methyl sites for hydroxylation is 3. The molecule has 2 aromatic rings. The molecule has 0 fully saturated rings. The smallest absolute Gasteiger partial charge is 0.202 e. The van der Waals surface area contributed by atoms with Crippen molar-refractivity contribution in [3.63, 3.8) is 0 Å². The highest BCUT2D eigenvalue weighted by atomic mass is 15.2. The maximum atomic E-state index is 4.31. The van der Waals surface area contributed by atoms with E-state index in [0.717, 1.165) is 24.7 Å². The lowest BCUT2D eigenvalue weighted by atomic mass is 10.4. The first-order valence-corrected chi connectivity index (χ1v) is 5.90. The van der Waals surface area contributed by atoms with Gasteiger partial charge in [-0.1, -0.05) is 0 Å². The molecule has 0 aliphatic carbocycles. The van der Waals surface area contributed by atoms with Crippen LogP contribution in [0.5, 0.6) is 0 Å². The Bertz CT molecular complexity index is 469. The van der Waals surface area contributed by atoms with E-state index in [9.17, 15) is 0 Å². The van der Waals surface area contributed by atoms with E-state index in [1.165, 1.54) is 0 Å². The van der Waals surface area contributed by atoms with Crippen molar-refractivity contribution in [1.82, 2.24) is 19.1 Å². The molecule has 0 unspecified atom stereocenters. The predicted octanol–water partition coefficient (Wildman–Crippen LogP) is 1.68. The third-order valence-electron chi connectivity index (χ3n) is 2.63. The van der Waals surface area contributed by atoms with Crippen molar-refractivity contribution in [2.75, 3.05) is 5.32 Å². The fourth-order valence-electron chi connectivity index (χ4n) is 1.75. The molecule has 1 N–H and O–H groups in total. The van der Waals surface area contributed by atoms with Crippen molar-refractivity contribution in [3.05, 3.63) is 30.6 Å². The number of nitrogens with one attached hydrogen (secondary N) is 1. The summed E-state index contributed by atoms with van der Waals surface area (Å²) in [7, 11) is 2.02. The van der Waals surface area contributed by atoms with E-state index >= 15 is 0 Å². The van der Waals surface area contributed by atoms with Crippen molar-refractivity contribution >= 4 is 5.95 Å². The van der Waals surface area contributed by atoms with E-state index in [2.05, 4.69) is 33.7 Å². The first-order chi connectivity index (χ1) is 8.16. The predicted molar refractivity (Wildman–Crippen MR) is 67.9 cm³/mol. The molecule has 0 saturated heterocycles. The Morgan fingerprint density at radius 2 is 2.00 bits per heavy atom. The summed E-state index contributed by atoms with van der Waals surface area (Å²) in [5.74, 6) is 2.02. The number of nitrogens with zero attached hydrogens (tertiary/aromatic N) is 4. The minimum Gasteiger partial charge on any atom is -0.353 e. The summed E-state index contributed by atoms with van der Waals surface area (Å²) in [6.45, 7) is 5.11. The molecule has 0 atom stereocenters. The van der Waals surface area contributed by atoms with E-state index in [1.807, 2.05) is 36.4 Å². The Kier molecular flexibility index (Phi) is 3.46. The van der Waals surface area contributed by atoms with Crippen molar-refractivity contribution in [3.8, 4) is 0 Å². The number of rotatable bonds is 5. The van der Waals surface area contributed by atoms with Crippen LogP contribution in [0.3, 0.4) is 0 Å². The summed E-state index contributed by atoms with van der Waals surface area (Å²) in [6, 6.07) is 0.393. The van der Waals surface area contributed by atoms with Gasteiger partial charge in [0.1, 0.15) is 5.82 Å². The fraction of sp³-hybridized carbons (Fsp3) is 0.500. The Hall–Kier alpha value is -1.78. The lowest BCUT2D eigenvalue weighted by molar-refractivity contribution is 0.649. The van der Waals surface area contributed by atoms with Gasteiger partial charge < -0.3 is 14.5 Å². The lowest BCUT2D eigenvalue weighted by Gasteiger charge is -2.12. The summed E-state index contributed by atoms with van der Waals surface area (Å²) in [5, 5.41) is 3.32. The highest BCUT2D eigenvalue weighted by molar-refractivity contribution is 5.26. The number of anilines is 1. The Labute approximate surface area is 102 Å². The molecule has 5 nitrogen and oxygen atoms in total. The van der Waals surface area contributed by atoms with Crippen LogP contribution in [-0.2, 0) is 20.0 Å². The van der Waals surface area contributed by atoms with Gasteiger partial charge in [0.05, 0.1) is 0 Å². The van der Waals surface area contributed by atoms with Crippen molar-refractivity contribution in [2.45, 2.75) is 32.9 Å². The SMILES string of the molecule is CC(C)Nc1nccn1CCc1nccn1C. The molecule has 0 aliphatic rings. The fourth-order valence-corrected chi connectivity index (χ4v) is 1.75. The molecular weight excluding hydrogens is 214 g/mol. The van der Waals surface area contributed by atoms with Crippen LogP contribution in [-0.4, -0.2) is 25.1 Å². The molecule has 2 rings (SSSR count). The summed E-state index contributed by atoms with van der Waals surface area (Å²) in [5.41, 5.74) is 0. The van der Waals surface area contributed by atoms with Gasteiger partial charge in [0.2, 0.25) is 5.95 Å². The van der Waals surface area contributed by atoms with Crippen LogP contribution in [0.2, 0.25) is 0 Å². The van der Waals surface area contributed by atoms with Gasteiger partial charge in [-0.25, -0.2) is 9.97 Å². The summed E-state index contributed by atoms with van der Waals surface area (Å²) >= 11 is 0. The molecule has 0 aliphatic heterocycles. The maximum Gasteiger partial charge on any atom is 0.202 e. The van der Waals surface area contributed by atoms with E-state index in [1.54, 1.807) is 0 Å². The molecular formula is C12H19N5. The third-order valence-corrected chi connectivity index (χ3v) is 2.63. The van der Waals surface area contributed by atoms with Gasteiger partial charge >= 0.3 is 0 Å². The van der Waals surface area contributed by atoms with Gasteiger partial charge in [-0.15, -0.1) is 0 Å². The van der Waals surface area contributed by atoms with Crippen LogP contribution in [0.4, 0.5) is 5.95 Å². The average molecular weight is 233 g/mol. The van der Waals surface area contributed by atoms with Crippen LogP contribution >= 0.6 is 0 Å². The first-order valence-electron chi connectivity index (χ1n) is 5.90. The van der Waals surface area contributed by atoms with Gasteiger partial charge in [0.15, 0.2) is 0 Å². The molecule has 17 heavy (non-hydrogen) atoms. The van der Waals surface area contributed by atoms with E-state index in [-0.39, 0.29) is 0 Å². The second-order valence-corrected chi connectivity index (χ2v) is 4.45. The summed E-state index contributed by atoms with van der Waals surface area (Å²) in [4.78, 5) is 8.62. The lowest BCUT2D eigenvalue weighted by Crippen LogP contribution is -2.15. The normalized spacial score (nSPS) is 11.1. The monoisotopic (exact) mass is 233 g/mol. The van der Waals surface area contributed by atoms with Gasteiger partial charge in [0, 0.05) is 50.8 Å². The van der Waals surface area contributed by atoms with Crippen LogP contribution in [0.25, 0.3) is 0 Å². The molecule has 0 aromatic carbocycles. The van der Waals surface area contributed by atoms with Gasteiger partial charge in [0.25, 0.3) is 0 Å². The second kappa shape index (κ2) is 5.03. The van der Waals surface area contributed by atoms with Gasteiger partial charge in [-0.3, -0.25) is 0 Å². The molecule has 0 amide bonds. The van der Waals surface area contributed by atoms with Crippen LogP contribution in [0.15, 0.2) is 24.8 Å². The second-order valence-electron chi connectivity index (χ2n) is 4.45. The molecule has 0 saturated carbocycles. The largest absolute Gasteiger partial charge is 0.353 e. The van der Waals surface area contributed by atoms with Gasteiger partial charge in [-0.2, -0.15) is 0 Å². The third kappa shape index (κ3) is 2.87. The van der Waals surface area contributed by atoms with Crippen molar-refractivity contribution < 1.29 is 0 Å². The Balaban J connectivity index is 1.99. The summed E-state index contributed by atoms with van der Waals surface area (Å²) < 4.78 is 4.17. The zero-order valence-electron chi connectivity index (χ0n) is 10.6. The zero-order chi connectivity index (χ0) is 12.3. The van der Waals surface area contributed by atoms with Gasteiger partial charge in [-0.05, 0) is 13.8 Å². The number of hydrogen-bond donors (Lipinski definition) is 1. The minimum atomic E-state index is 0.393. The molecule has 2 heterocycles. The molecule has 92 valence electrons. The zero-order valence-corrected chi connectivity index (χ0v) is 10.6. The molecule has 2 aromatic heterocycles. The quantitative estimate of drug-likeness (QED) is 0.854. The topological polar surface area (TPSA) is 47.7 Å². The van der Waals surface area contributed by atoms with E-state index in [4.69, 9.17) is 0 Å². The van der Waals surface area contributed by atoms with Crippen LogP contribution in [0, 0.1) is 0 Å². The molecule has 5 heteroatoms. The molecule has 0 spiro atoms. The van der Waals surface area contributed by atoms with Crippen LogP contribution < -0.4 is 5.32 Å². The first kappa shape index (κ1) is 11.7. The highest BCUT2D eigenvalue weighted by Gasteiger charge is 2.05. The Morgan fingerprint density at radius 3 is 2.65 bits per heavy atom. The van der Waals surface area contributed by atoms with E-state index < -0.39 is 0 Å².